The van der Waals surface area contributed by atoms with Gasteiger partial charge >= 0.3 is 0 Å². The van der Waals surface area contributed by atoms with E-state index in [2.05, 4.69) is 6.92 Å². The summed E-state index contributed by atoms with van der Waals surface area (Å²) < 4.78 is 17.9. The van der Waals surface area contributed by atoms with Gasteiger partial charge in [0, 0.05) is 53.5 Å². The molecule has 8 nitrogen and oxygen atoms in total. The minimum atomic E-state index is -1.06. The maximum absolute atomic E-state index is 14.2. The van der Waals surface area contributed by atoms with E-state index in [1.165, 1.54) is 0 Å². The number of aliphatic hydroxyl groups is 1. The van der Waals surface area contributed by atoms with Crippen LogP contribution in [-0.4, -0.2) is 68.4 Å². The number of likely N-dealkylation sites (tertiary alicyclic amines) is 1. The monoisotopic (exact) mass is 572 g/mol. The number of benzene rings is 2. The number of methoxy groups -OCH3 is 2. The van der Waals surface area contributed by atoms with Crippen LogP contribution in [0, 0.1) is 11.3 Å². The number of halogens is 1. The fraction of sp³-hybridized carbons (Fsp3) is 0.548. The van der Waals surface area contributed by atoms with Crippen molar-refractivity contribution >= 4 is 29.1 Å². The first kappa shape index (κ1) is 30.2. The number of ether oxygens (including phenoxy) is 3. The summed E-state index contributed by atoms with van der Waals surface area (Å²) in [5, 5.41) is 10.6. The van der Waals surface area contributed by atoms with Gasteiger partial charge in [-0.25, -0.2) is 0 Å². The smallest absolute Gasteiger partial charge is 0.256 e. The minimum Gasteiger partial charge on any atom is -0.493 e. The highest BCUT2D eigenvalue weighted by Crippen LogP contribution is 2.45. The lowest BCUT2D eigenvalue weighted by Gasteiger charge is -2.34. The molecular formula is C31H41ClN2O6. The molecule has 0 unspecified atom stereocenters. The van der Waals surface area contributed by atoms with Crippen LogP contribution in [0.25, 0.3) is 0 Å². The SMILES string of the molecule is CCC1CCN(C(=O)C[C@H]2O[C@H](c3cccc(OC)c3OC)c3cc(Cl)ccc3N(CC(C)(C)CO)C2=O)CC1. The van der Waals surface area contributed by atoms with Crippen LogP contribution >= 0.6 is 11.6 Å². The van der Waals surface area contributed by atoms with Crippen molar-refractivity contribution in [2.24, 2.45) is 11.3 Å². The van der Waals surface area contributed by atoms with Crippen molar-refractivity contribution in [1.82, 2.24) is 4.90 Å². The quantitative estimate of drug-likeness (QED) is 0.442. The predicted molar refractivity (Wildman–Crippen MR) is 155 cm³/mol. The molecule has 4 rings (SSSR count). The van der Waals surface area contributed by atoms with Crippen LogP contribution in [0.5, 0.6) is 11.5 Å². The summed E-state index contributed by atoms with van der Waals surface area (Å²) >= 11 is 6.49. The Labute approximate surface area is 242 Å². The Hall–Kier alpha value is -2.81. The van der Waals surface area contributed by atoms with Crippen molar-refractivity contribution in [3.8, 4) is 11.5 Å². The lowest BCUT2D eigenvalue weighted by Crippen LogP contribution is -2.47. The standard InChI is InChI=1S/C31H41ClN2O6/c1-6-20-12-14-33(15-13-20)27(36)17-26-30(37)34(18-31(2,3)19-35)24-11-10-21(32)16-23(24)28(40-26)22-8-7-9-25(38-4)29(22)39-5/h7-11,16,20,26,28,35H,6,12-15,17-19H2,1-5H3/t26-,28-/m1/s1. The topological polar surface area (TPSA) is 88.5 Å². The molecule has 218 valence electrons. The molecule has 1 saturated heterocycles. The van der Waals surface area contributed by atoms with Crippen molar-refractivity contribution in [3.05, 3.63) is 52.5 Å². The highest BCUT2D eigenvalue weighted by atomic mass is 35.5. The van der Waals surface area contributed by atoms with Gasteiger partial charge in [-0.05, 0) is 43.0 Å². The van der Waals surface area contributed by atoms with Crippen molar-refractivity contribution in [2.45, 2.75) is 58.7 Å². The average molecular weight is 573 g/mol. The first-order chi connectivity index (χ1) is 19.1. The first-order valence-electron chi connectivity index (χ1n) is 14.0. The Kier molecular flexibility index (Phi) is 9.64. The number of amides is 2. The van der Waals surface area contributed by atoms with E-state index in [1.807, 2.05) is 30.9 Å². The van der Waals surface area contributed by atoms with Gasteiger partial charge in [-0.1, -0.05) is 50.9 Å². The predicted octanol–water partition coefficient (Wildman–Crippen LogP) is 5.24. The second kappa shape index (κ2) is 12.8. The molecule has 1 fully saturated rings. The van der Waals surface area contributed by atoms with E-state index in [4.69, 9.17) is 25.8 Å². The number of para-hydroxylation sites is 1. The number of carbonyl (C=O) groups is 2. The summed E-state index contributed by atoms with van der Waals surface area (Å²) in [6.07, 6.45) is 1.12. The summed E-state index contributed by atoms with van der Waals surface area (Å²) in [7, 11) is 3.12. The number of hydrogen-bond acceptors (Lipinski definition) is 6. The maximum Gasteiger partial charge on any atom is 0.256 e. The minimum absolute atomic E-state index is 0.0871. The van der Waals surface area contributed by atoms with Crippen LogP contribution < -0.4 is 14.4 Å². The number of carbonyl (C=O) groups excluding carboxylic acids is 2. The summed E-state index contributed by atoms with van der Waals surface area (Å²) in [4.78, 5) is 31.2. The third kappa shape index (κ3) is 6.40. The van der Waals surface area contributed by atoms with Gasteiger partial charge < -0.3 is 29.1 Å². The summed E-state index contributed by atoms with van der Waals surface area (Å²) in [6, 6.07) is 10.8. The van der Waals surface area contributed by atoms with E-state index in [0.29, 0.717) is 52.3 Å². The van der Waals surface area contributed by atoms with Crippen LogP contribution in [0.2, 0.25) is 5.02 Å². The summed E-state index contributed by atoms with van der Waals surface area (Å²) in [5.74, 6) is 1.19. The molecule has 2 heterocycles. The van der Waals surface area contributed by atoms with E-state index in [-0.39, 0.29) is 31.4 Å². The fourth-order valence-electron chi connectivity index (χ4n) is 5.58. The Balaban J connectivity index is 1.80. The first-order valence-corrected chi connectivity index (χ1v) is 14.4. The largest absolute Gasteiger partial charge is 0.493 e. The Morgan fingerprint density at radius 1 is 1.12 bits per heavy atom. The molecule has 2 aromatic carbocycles. The van der Waals surface area contributed by atoms with Gasteiger partial charge in [-0.15, -0.1) is 0 Å². The molecule has 2 aliphatic heterocycles. The van der Waals surface area contributed by atoms with Crippen LogP contribution in [0.4, 0.5) is 5.69 Å². The molecule has 9 heteroatoms. The van der Waals surface area contributed by atoms with E-state index >= 15 is 0 Å². The van der Waals surface area contributed by atoms with Crippen LogP contribution in [-0.2, 0) is 14.3 Å². The molecular weight excluding hydrogens is 532 g/mol. The van der Waals surface area contributed by atoms with Crippen LogP contribution in [0.1, 0.15) is 63.7 Å². The van der Waals surface area contributed by atoms with Gasteiger partial charge in [0.15, 0.2) is 11.5 Å². The normalized spacial score (nSPS) is 20.2. The number of rotatable bonds is 9. The average Bonchev–Trinajstić information content (AvgIpc) is 3.06. The zero-order valence-electron chi connectivity index (χ0n) is 24.1. The molecule has 0 saturated carbocycles. The number of piperidine rings is 1. The number of anilines is 1. The molecule has 1 N–H and O–H groups in total. The molecule has 2 aliphatic rings. The second-order valence-electron chi connectivity index (χ2n) is 11.5. The van der Waals surface area contributed by atoms with E-state index in [1.54, 1.807) is 43.4 Å². The summed E-state index contributed by atoms with van der Waals surface area (Å²) in [5.41, 5.74) is 1.34. The molecule has 40 heavy (non-hydrogen) atoms. The van der Waals surface area contributed by atoms with Gasteiger partial charge in [-0.3, -0.25) is 9.59 Å². The maximum atomic E-state index is 14.2. The molecule has 0 spiro atoms. The third-order valence-electron chi connectivity index (χ3n) is 8.04. The third-order valence-corrected chi connectivity index (χ3v) is 8.27. The second-order valence-corrected chi connectivity index (χ2v) is 11.9. The molecule has 0 aromatic heterocycles. The van der Waals surface area contributed by atoms with Crippen LogP contribution in [0.3, 0.4) is 0 Å². The molecule has 2 atom stereocenters. The van der Waals surface area contributed by atoms with E-state index in [0.717, 1.165) is 19.3 Å². The molecule has 2 amide bonds. The highest BCUT2D eigenvalue weighted by Gasteiger charge is 2.41. The van der Waals surface area contributed by atoms with Crippen molar-refractivity contribution < 1.29 is 28.9 Å². The fourth-order valence-corrected chi connectivity index (χ4v) is 5.76. The number of aliphatic hydroxyl groups excluding tert-OH is 1. The zero-order valence-corrected chi connectivity index (χ0v) is 24.9. The Morgan fingerprint density at radius 3 is 2.48 bits per heavy atom. The molecule has 2 aromatic rings. The van der Waals surface area contributed by atoms with Gasteiger partial charge in [0.1, 0.15) is 12.2 Å². The van der Waals surface area contributed by atoms with Gasteiger partial charge in [0.05, 0.1) is 20.6 Å². The highest BCUT2D eigenvalue weighted by molar-refractivity contribution is 6.30. The molecule has 0 radical (unpaired) electrons. The van der Waals surface area contributed by atoms with Gasteiger partial charge in [0.25, 0.3) is 5.91 Å². The van der Waals surface area contributed by atoms with E-state index in [9.17, 15) is 14.7 Å². The van der Waals surface area contributed by atoms with E-state index < -0.39 is 17.6 Å². The Bertz CT molecular complexity index is 1210. The van der Waals surface area contributed by atoms with Gasteiger partial charge in [-0.2, -0.15) is 0 Å². The van der Waals surface area contributed by atoms with Crippen molar-refractivity contribution in [3.63, 3.8) is 0 Å². The van der Waals surface area contributed by atoms with Gasteiger partial charge in [0.2, 0.25) is 5.91 Å². The lowest BCUT2D eigenvalue weighted by atomic mass is 9.92. The van der Waals surface area contributed by atoms with Crippen LogP contribution in [0.15, 0.2) is 36.4 Å². The number of hydrogen-bond donors (Lipinski definition) is 1. The van der Waals surface area contributed by atoms with Crippen molar-refractivity contribution in [2.75, 3.05) is 45.4 Å². The number of fused-ring (bicyclic) bond motifs is 1. The Morgan fingerprint density at radius 2 is 1.85 bits per heavy atom. The number of nitrogens with zero attached hydrogens (tertiary/aromatic N) is 2. The van der Waals surface area contributed by atoms with Crippen molar-refractivity contribution in [1.29, 1.82) is 0 Å². The summed E-state index contributed by atoms with van der Waals surface area (Å²) in [6.45, 7) is 7.44. The molecule has 0 bridgehead atoms. The zero-order chi connectivity index (χ0) is 29.0. The molecule has 0 aliphatic carbocycles. The lowest BCUT2D eigenvalue weighted by molar-refractivity contribution is -0.143.